The maximum absolute atomic E-state index is 13.0. The molecule has 144 valence electrons. The van der Waals surface area contributed by atoms with Crippen LogP contribution in [-0.2, 0) is 22.3 Å². The summed E-state index contributed by atoms with van der Waals surface area (Å²) < 4.78 is 38.9. The normalized spacial score (nSPS) is 17.9. The zero-order valence-corrected chi connectivity index (χ0v) is 14.8. The van der Waals surface area contributed by atoms with E-state index >= 15 is 0 Å². The Bertz CT molecular complexity index is 676. The van der Waals surface area contributed by atoms with Gasteiger partial charge >= 0.3 is 6.18 Å². The molecular formula is C17H23F3N4O2. The number of carbonyl (C=O) groups excluding carboxylic acids is 2. The molecule has 0 aromatic heterocycles. The fourth-order valence-electron chi connectivity index (χ4n) is 2.77. The smallest absolute Gasteiger partial charge is 0.341 e. The van der Waals surface area contributed by atoms with E-state index in [2.05, 4.69) is 5.32 Å². The Morgan fingerprint density at radius 1 is 1.35 bits per heavy atom. The average molecular weight is 372 g/mol. The van der Waals surface area contributed by atoms with E-state index in [-0.39, 0.29) is 36.7 Å². The summed E-state index contributed by atoms with van der Waals surface area (Å²) in [6.45, 7) is 1.37. The molecule has 1 unspecified atom stereocenters. The second-order valence-electron chi connectivity index (χ2n) is 6.65. The maximum Gasteiger partial charge on any atom is 0.416 e. The van der Waals surface area contributed by atoms with Crippen LogP contribution >= 0.6 is 0 Å². The minimum absolute atomic E-state index is 0.0319. The van der Waals surface area contributed by atoms with Gasteiger partial charge in [-0.25, -0.2) is 0 Å². The third-order valence-electron chi connectivity index (χ3n) is 4.23. The van der Waals surface area contributed by atoms with E-state index in [1.807, 2.05) is 19.0 Å². The van der Waals surface area contributed by atoms with Crippen molar-refractivity contribution in [1.29, 1.82) is 0 Å². The van der Waals surface area contributed by atoms with Crippen molar-refractivity contribution in [2.24, 2.45) is 11.7 Å². The highest BCUT2D eigenvalue weighted by molar-refractivity contribution is 5.97. The van der Waals surface area contributed by atoms with Crippen molar-refractivity contribution in [3.8, 4) is 0 Å². The summed E-state index contributed by atoms with van der Waals surface area (Å²) in [6.07, 6.45) is -4.47. The first kappa shape index (κ1) is 20.2. The number of hydrogen-bond donors (Lipinski definition) is 2. The lowest BCUT2D eigenvalue weighted by atomic mass is 10.1. The first-order valence-corrected chi connectivity index (χ1v) is 8.24. The van der Waals surface area contributed by atoms with Gasteiger partial charge in [-0.2, -0.15) is 13.2 Å². The van der Waals surface area contributed by atoms with E-state index in [1.165, 1.54) is 6.07 Å². The molecule has 6 nitrogen and oxygen atoms in total. The molecule has 2 rings (SSSR count). The molecular weight excluding hydrogens is 349 g/mol. The average Bonchev–Trinajstić information content (AvgIpc) is 2.92. The number of anilines is 1. The zero-order valence-electron chi connectivity index (χ0n) is 14.8. The molecule has 9 heteroatoms. The molecule has 1 aliphatic heterocycles. The third kappa shape index (κ3) is 5.18. The van der Waals surface area contributed by atoms with Crippen LogP contribution in [0, 0.1) is 5.92 Å². The zero-order chi connectivity index (χ0) is 19.5. The predicted octanol–water partition coefficient (Wildman–Crippen LogP) is 1.51. The number of alkyl halides is 3. The van der Waals surface area contributed by atoms with Gasteiger partial charge in [0, 0.05) is 38.3 Å². The predicted molar refractivity (Wildman–Crippen MR) is 91.2 cm³/mol. The minimum Gasteiger partial charge on any atom is -0.341 e. The lowest BCUT2D eigenvalue weighted by molar-refractivity contribution is -0.137. The molecule has 0 radical (unpaired) electrons. The Labute approximate surface area is 150 Å². The van der Waals surface area contributed by atoms with Crippen LogP contribution in [0.1, 0.15) is 17.5 Å². The second kappa shape index (κ2) is 8.05. The first-order chi connectivity index (χ1) is 12.1. The van der Waals surface area contributed by atoms with Crippen molar-refractivity contribution >= 4 is 17.5 Å². The van der Waals surface area contributed by atoms with Crippen LogP contribution in [0.3, 0.4) is 0 Å². The van der Waals surface area contributed by atoms with Gasteiger partial charge in [-0.05, 0) is 37.9 Å². The van der Waals surface area contributed by atoms with Gasteiger partial charge in [0.05, 0.1) is 11.5 Å². The summed E-state index contributed by atoms with van der Waals surface area (Å²) in [5.41, 5.74) is 4.87. The number of likely N-dealkylation sites (tertiary alicyclic amines) is 1. The van der Waals surface area contributed by atoms with Gasteiger partial charge in [0.2, 0.25) is 11.8 Å². The van der Waals surface area contributed by atoms with Crippen molar-refractivity contribution in [2.75, 3.05) is 39.0 Å². The van der Waals surface area contributed by atoms with Crippen LogP contribution in [-0.4, -0.2) is 55.3 Å². The van der Waals surface area contributed by atoms with Gasteiger partial charge in [-0.3, -0.25) is 9.59 Å². The van der Waals surface area contributed by atoms with E-state index in [1.54, 1.807) is 4.90 Å². The molecule has 26 heavy (non-hydrogen) atoms. The highest BCUT2D eigenvalue weighted by Gasteiger charge is 2.35. The van der Waals surface area contributed by atoms with Gasteiger partial charge < -0.3 is 20.9 Å². The summed E-state index contributed by atoms with van der Waals surface area (Å²) in [7, 11) is 3.76. The van der Waals surface area contributed by atoms with E-state index in [0.29, 0.717) is 13.1 Å². The molecule has 0 saturated carbocycles. The monoisotopic (exact) mass is 372 g/mol. The quantitative estimate of drug-likeness (QED) is 0.794. The van der Waals surface area contributed by atoms with Crippen molar-refractivity contribution < 1.29 is 22.8 Å². The van der Waals surface area contributed by atoms with Crippen LogP contribution < -0.4 is 11.1 Å². The van der Waals surface area contributed by atoms with E-state index in [0.717, 1.165) is 12.1 Å². The van der Waals surface area contributed by atoms with Gasteiger partial charge in [0.25, 0.3) is 0 Å². The third-order valence-corrected chi connectivity index (χ3v) is 4.23. The lowest BCUT2D eigenvalue weighted by Gasteiger charge is -2.19. The molecule has 1 saturated heterocycles. The van der Waals surface area contributed by atoms with Crippen molar-refractivity contribution in [3.63, 3.8) is 0 Å². The van der Waals surface area contributed by atoms with Gasteiger partial charge in [-0.15, -0.1) is 0 Å². The van der Waals surface area contributed by atoms with Crippen LogP contribution in [0.5, 0.6) is 0 Å². The van der Waals surface area contributed by atoms with E-state index < -0.39 is 23.6 Å². The topological polar surface area (TPSA) is 78.7 Å². The molecule has 1 fully saturated rings. The molecule has 1 aromatic carbocycles. The van der Waals surface area contributed by atoms with Crippen LogP contribution in [0.2, 0.25) is 0 Å². The second-order valence-corrected chi connectivity index (χ2v) is 6.65. The number of nitrogens with two attached hydrogens (primary N) is 1. The summed E-state index contributed by atoms with van der Waals surface area (Å²) >= 11 is 0. The number of nitrogens with one attached hydrogen (secondary N) is 1. The largest absolute Gasteiger partial charge is 0.416 e. The standard InChI is InChI=1S/C17H23F3N4O2/c1-23(2)3-4-24-10-12(7-15(24)25)16(26)22-14-6-11(9-21)5-13(8-14)17(18,19)20/h5-6,8,12H,3-4,7,9-10,21H2,1-2H3,(H,22,26). The SMILES string of the molecule is CN(C)CCN1CC(C(=O)Nc2cc(CN)cc(C(F)(F)F)c2)CC1=O. The Kier molecular flexibility index (Phi) is 6.25. The number of benzene rings is 1. The highest BCUT2D eigenvalue weighted by atomic mass is 19.4. The van der Waals surface area contributed by atoms with Crippen molar-refractivity contribution in [3.05, 3.63) is 29.3 Å². The van der Waals surface area contributed by atoms with Crippen LogP contribution in [0.4, 0.5) is 18.9 Å². The molecule has 1 atom stereocenters. The molecule has 0 bridgehead atoms. The van der Waals surface area contributed by atoms with Crippen molar-refractivity contribution in [2.45, 2.75) is 19.1 Å². The molecule has 2 amide bonds. The summed E-state index contributed by atoms with van der Waals surface area (Å²) in [6, 6.07) is 3.24. The number of amides is 2. The van der Waals surface area contributed by atoms with Crippen molar-refractivity contribution in [1.82, 2.24) is 9.80 Å². The fourth-order valence-corrected chi connectivity index (χ4v) is 2.77. The summed E-state index contributed by atoms with van der Waals surface area (Å²) in [4.78, 5) is 27.9. The molecule has 1 heterocycles. The number of carbonyl (C=O) groups is 2. The Balaban J connectivity index is 2.07. The van der Waals surface area contributed by atoms with Crippen LogP contribution in [0.15, 0.2) is 18.2 Å². The number of halogens is 3. The summed E-state index contributed by atoms with van der Waals surface area (Å²) in [5, 5.41) is 2.49. The van der Waals surface area contributed by atoms with Gasteiger partial charge in [0.15, 0.2) is 0 Å². The number of rotatable bonds is 6. The van der Waals surface area contributed by atoms with Gasteiger partial charge in [0.1, 0.15) is 0 Å². The highest BCUT2D eigenvalue weighted by Crippen LogP contribution is 2.32. The maximum atomic E-state index is 13.0. The lowest BCUT2D eigenvalue weighted by Crippen LogP contribution is -2.34. The molecule has 1 aromatic rings. The Morgan fingerprint density at radius 2 is 2.04 bits per heavy atom. The van der Waals surface area contributed by atoms with E-state index in [9.17, 15) is 22.8 Å². The fraction of sp³-hybridized carbons (Fsp3) is 0.529. The van der Waals surface area contributed by atoms with Gasteiger partial charge in [-0.1, -0.05) is 0 Å². The first-order valence-electron chi connectivity index (χ1n) is 8.24. The molecule has 0 aliphatic carbocycles. The Hall–Kier alpha value is -2.13. The van der Waals surface area contributed by atoms with Crippen LogP contribution in [0.25, 0.3) is 0 Å². The molecule has 1 aliphatic rings. The number of nitrogens with zero attached hydrogens (tertiary/aromatic N) is 2. The number of hydrogen-bond acceptors (Lipinski definition) is 4. The Morgan fingerprint density at radius 3 is 2.62 bits per heavy atom. The van der Waals surface area contributed by atoms with E-state index in [4.69, 9.17) is 5.73 Å². The number of likely N-dealkylation sites (N-methyl/N-ethyl adjacent to an activating group) is 1. The molecule has 0 spiro atoms. The molecule has 3 N–H and O–H groups in total. The minimum atomic E-state index is -4.53. The summed E-state index contributed by atoms with van der Waals surface area (Å²) in [5.74, 6) is -1.17.